The number of likely N-dealkylation sites (N-methyl/N-ethyl adjacent to an activating group) is 1. The van der Waals surface area contributed by atoms with Crippen molar-refractivity contribution in [2.45, 2.75) is 32.1 Å². The van der Waals surface area contributed by atoms with Crippen LogP contribution in [-0.4, -0.2) is 32.3 Å². The zero-order valence-corrected chi connectivity index (χ0v) is 17.8. The molecule has 2 rings (SSSR count). The highest BCUT2D eigenvalue weighted by Crippen LogP contribution is 2.32. The highest BCUT2D eigenvalue weighted by molar-refractivity contribution is 7.93. The molecule has 0 atom stereocenters. The molecule has 1 N–H and O–H groups in total. The zero-order valence-electron chi connectivity index (χ0n) is 14.7. The fraction of sp³-hybridized carbons (Fsp3) is 0.353. The van der Waals surface area contributed by atoms with E-state index in [0.29, 0.717) is 34.2 Å². The van der Waals surface area contributed by atoms with Crippen molar-refractivity contribution in [1.29, 1.82) is 0 Å². The van der Waals surface area contributed by atoms with Gasteiger partial charge in [0, 0.05) is 23.0 Å². The Labute approximate surface area is 168 Å². The Hall–Kier alpha value is -1.28. The topological polar surface area (TPSA) is 66.5 Å². The number of sulfonamides is 1. The number of carbonyl (C=O) groups excluding carboxylic acids is 1. The number of hydrogen-bond donors (Lipinski definition) is 1. The monoisotopic (exact) mass is 434 g/mol. The predicted octanol–water partition coefficient (Wildman–Crippen LogP) is 4.58. The molecule has 1 aromatic heterocycles. The summed E-state index contributed by atoms with van der Waals surface area (Å²) in [4.78, 5) is 14.7. The fourth-order valence-electron chi connectivity index (χ4n) is 2.62. The van der Waals surface area contributed by atoms with E-state index in [0.717, 1.165) is 0 Å². The zero-order chi connectivity index (χ0) is 19.5. The van der Waals surface area contributed by atoms with Crippen LogP contribution in [0.3, 0.4) is 0 Å². The first-order valence-corrected chi connectivity index (χ1v) is 11.1. The summed E-state index contributed by atoms with van der Waals surface area (Å²) >= 11 is 13.3. The minimum Gasteiger partial charge on any atom is -0.343 e. The van der Waals surface area contributed by atoms with Crippen molar-refractivity contribution in [3.63, 3.8) is 0 Å². The van der Waals surface area contributed by atoms with Gasteiger partial charge in [-0.1, -0.05) is 23.2 Å². The minimum absolute atomic E-state index is 0.0178. The number of halogens is 2. The standard InChI is InChI=1S/C17H20Cl2N2O3S2/c1-4-21(5-2)16(22)10-15-14(6-7-25-15)20-26(23,24)17-11(3)8-12(18)9-13(17)19/h6-9,20H,4-5,10H2,1-3H3. The average Bonchev–Trinajstić information content (AvgIpc) is 2.93. The van der Waals surface area contributed by atoms with Gasteiger partial charge >= 0.3 is 0 Å². The van der Waals surface area contributed by atoms with Crippen LogP contribution in [0.2, 0.25) is 10.0 Å². The molecule has 0 fully saturated rings. The van der Waals surface area contributed by atoms with Gasteiger partial charge in [0.15, 0.2) is 0 Å². The number of amides is 1. The first kappa shape index (κ1) is 21.0. The number of carbonyl (C=O) groups is 1. The molecule has 142 valence electrons. The maximum Gasteiger partial charge on any atom is 0.263 e. The van der Waals surface area contributed by atoms with Crippen molar-refractivity contribution >= 4 is 56.2 Å². The maximum atomic E-state index is 12.8. The molecule has 1 heterocycles. The molecule has 1 aromatic carbocycles. The van der Waals surface area contributed by atoms with Crippen molar-refractivity contribution in [3.8, 4) is 0 Å². The third-order valence-corrected chi connectivity index (χ3v) is 7.00. The number of hydrogen-bond acceptors (Lipinski definition) is 4. The summed E-state index contributed by atoms with van der Waals surface area (Å²) in [7, 11) is -3.91. The predicted molar refractivity (Wildman–Crippen MR) is 108 cm³/mol. The molecule has 0 aliphatic carbocycles. The highest BCUT2D eigenvalue weighted by Gasteiger charge is 2.24. The number of nitrogens with one attached hydrogen (secondary N) is 1. The van der Waals surface area contributed by atoms with E-state index < -0.39 is 10.0 Å². The molecular formula is C17H20Cl2N2O3S2. The quantitative estimate of drug-likeness (QED) is 0.693. The summed E-state index contributed by atoms with van der Waals surface area (Å²) in [5, 5.41) is 2.17. The Kier molecular flexibility index (Phi) is 6.96. The second-order valence-electron chi connectivity index (χ2n) is 5.64. The molecule has 26 heavy (non-hydrogen) atoms. The number of thiophene rings is 1. The summed E-state index contributed by atoms with van der Waals surface area (Å²) in [5.74, 6) is -0.0430. The second kappa shape index (κ2) is 8.61. The van der Waals surface area contributed by atoms with Crippen LogP contribution in [0.1, 0.15) is 24.3 Å². The first-order chi connectivity index (χ1) is 12.2. The van der Waals surface area contributed by atoms with Crippen LogP contribution < -0.4 is 4.72 Å². The van der Waals surface area contributed by atoms with Crippen LogP contribution in [-0.2, 0) is 21.2 Å². The molecule has 2 aromatic rings. The van der Waals surface area contributed by atoms with E-state index in [1.165, 1.54) is 17.4 Å². The van der Waals surface area contributed by atoms with Crippen LogP contribution >= 0.6 is 34.5 Å². The van der Waals surface area contributed by atoms with Crippen LogP contribution in [0.4, 0.5) is 5.69 Å². The molecule has 0 unspecified atom stereocenters. The van der Waals surface area contributed by atoms with Crippen LogP contribution in [0.15, 0.2) is 28.5 Å². The van der Waals surface area contributed by atoms with E-state index in [-0.39, 0.29) is 22.2 Å². The lowest BCUT2D eigenvalue weighted by Gasteiger charge is -2.18. The van der Waals surface area contributed by atoms with E-state index >= 15 is 0 Å². The van der Waals surface area contributed by atoms with E-state index in [2.05, 4.69) is 4.72 Å². The Morgan fingerprint density at radius 1 is 1.23 bits per heavy atom. The van der Waals surface area contributed by atoms with Crippen molar-refractivity contribution in [2.75, 3.05) is 17.8 Å². The van der Waals surface area contributed by atoms with Gasteiger partial charge in [-0.05, 0) is 49.9 Å². The number of anilines is 1. The number of rotatable bonds is 7. The number of nitrogens with zero attached hydrogens (tertiary/aromatic N) is 1. The van der Waals surface area contributed by atoms with Crippen LogP contribution in [0.25, 0.3) is 0 Å². The molecule has 0 aliphatic rings. The lowest BCUT2D eigenvalue weighted by molar-refractivity contribution is -0.130. The third kappa shape index (κ3) is 4.71. The summed E-state index contributed by atoms with van der Waals surface area (Å²) in [6.45, 7) is 6.67. The van der Waals surface area contributed by atoms with Gasteiger partial charge < -0.3 is 4.90 Å². The Bertz CT molecular complexity index is 883. The van der Waals surface area contributed by atoms with Gasteiger partial charge in [0.1, 0.15) is 4.90 Å². The molecule has 0 radical (unpaired) electrons. The number of aryl methyl sites for hydroxylation is 1. The van der Waals surface area contributed by atoms with Crippen LogP contribution in [0, 0.1) is 6.92 Å². The molecule has 9 heteroatoms. The lowest BCUT2D eigenvalue weighted by Crippen LogP contribution is -2.31. The maximum absolute atomic E-state index is 12.8. The Balaban J connectivity index is 2.30. The fourth-order valence-corrected chi connectivity index (χ4v) is 5.79. The summed E-state index contributed by atoms with van der Waals surface area (Å²) < 4.78 is 28.2. The Morgan fingerprint density at radius 2 is 1.88 bits per heavy atom. The van der Waals surface area contributed by atoms with E-state index in [9.17, 15) is 13.2 Å². The molecule has 0 aliphatic heterocycles. The smallest absolute Gasteiger partial charge is 0.263 e. The van der Waals surface area contributed by atoms with Gasteiger partial charge in [-0.2, -0.15) is 0 Å². The van der Waals surface area contributed by atoms with E-state index in [4.69, 9.17) is 23.2 Å². The van der Waals surface area contributed by atoms with Gasteiger partial charge in [0.05, 0.1) is 17.1 Å². The van der Waals surface area contributed by atoms with Gasteiger partial charge in [-0.25, -0.2) is 8.42 Å². The van der Waals surface area contributed by atoms with Crippen molar-refractivity contribution in [3.05, 3.63) is 44.1 Å². The summed E-state index contributed by atoms with van der Waals surface area (Å²) in [6.07, 6.45) is 0.143. The molecular weight excluding hydrogens is 415 g/mol. The lowest BCUT2D eigenvalue weighted by atomic mass is 10.2. The largest absolute Gasteiger partial charge is 0.343 e. The van der Waals surface area contributed by atoms with E-state index in [1.54, 1.807) is 29.3 Å². The van der Waals surface area contributed by atoms with Gasteiger partial charge in [-0.15, -0.1) is 11.3 Å². The molecule has 5 nitrogen and oxygen atoms in total. The minimum atomic E-state index is -3.91. The summed E-state index contributed by atoms with van der Waals surface area (Å²) in [5.41, 5.74) is 0.840. The normalized spacial score (nSPS) is 11.4. The van der Waals surface area contributed by atoms with E-state index in [1.807, 2.05) is 13.8 Å². The molecule has 0 spiro atoms. The van der Waals surface area contributed by atoms with Crippen molar-refractivity contribution in [1.82, 2.24) is 4.90 Å². The number of benzene rings is 1. The Morgan fingerprint density at radius 3 is 2.46 bits per heavy atom. The van der Waals surface area contributed by atoms with Gasteiger partial charge in [0.25, 0.3) is 10.0 Å². The molecule has 0 saturated carbocycles. The van der Waals surface area contributed by atoms with Crippen molar-refractivity contribution in [2.24, 2.45) is 0 Å². The SMILES string of the molecule is CCN(CC)C(=O)Cc1sccc1NS(=O)(=O)c1c(C)cc(Cl)cc1Cl. The van der Waals surface area contributed by atoms with Gasteiger partial charge in [0.2, 0.25) is 5.91 Å². The third-order valence-electron chi connectivity index (χ3n) is 3.88. The molecule has 0 saturated heterocycles. The van der Waals surface area contributed by atoms with Gasteiger partial charge in [-0.3, -0.25) is 9.52 Å². The van der Waals surface area contributed by atoms with Crippen LogP contribution in [0.5, 0.6) is 0 Å². The van der Waals surface area contributed by atoms with Crippen molar-refractivity contribution < 1.29 is 13.2 Å². The first-order valence-electron chi connectivity index (χ1n) is 8.02. The highest BCUT2D eigenvalue weighted by atomic mass is 35.5. The molecule has 1 amide bonds. The summed E-state index contributed by atoms with van der Waals surface area (Å²) in [6, 6.07) is 4.58. The molecule has 0 bridgehead atoms. The second-order valence-corrected chi connectivity index (χ2v) is 9.10. The average molecular weight is 435 g/mol.